The van der Waals surface area contributed by atoms with E-state index in [1.807, 2.05) is 0 Å². The molecular formula is C44H30. The van der Waals surface area contributed by atoms with E-state index < -0.39 is 0 Å². The van der Waals surface area contributed by atoms with Gasteiger partial charge in [0.05, 0.1) is 0 Å². The highest BCUT2D eigenvalue weighted by Crippen LogP contribution is 2.31. The lowest BCUT2D eigenvalue weighted by molar-refractivity contribution is 1.59. The van der Waals surface area contributed by atoms with Crippen molar-refractivity contribution in [1.82, 2.24) is 0 Å². The van der Waals surface area contributed by atoms with Crippen LogP contribution in [-0.4, -0.2) is 0 Å². The maximum Gasteiger partial charge on any atom is -0.00994 e. The number of benzene rings is 8. The van der Waals surface area contributed by atoms with Gasteiger partial charge in [-0.3, -0.25) is 0 Å². The van der Waals surface area contributed by atoms with Gasteiger partial charge in [-0.05, 0) is 88.6 Å². The van der Waals surface area contributed by atoms with Crippen LogP contribution in [0.15, 0.2) is 158 Å². The van der Waals surface area contributed by atoms with Crippen molar-refractivity contribution in [2.45, 2.75) is 0 Å². The highest BCUT2D eigenvalue weighted by molar-refractivity contribution is 6.12. The first-order valence-electron chi connectivity index (χ1n) is 15.2. The minimum absolute atomic E-state index is 1.19. The maximum absolute atomic E-state index is 2.29. The Hall–Kier alpha value is -5.72. The Morgan fingerprint density at radius 1 is 0.273 bits per heavy atom. The van der Waals surface area contributed by atoms with Crippen LogP contribution in [0, 0.1) is 0 Å². The Bertz CT molecular complexity index is 2180. The van der Waals surface area contributed by atoms with Gasteiger partial charge in [-0.2, -0.15) is 0 Å². The number of hydrogen-bond donors (Lipinski definition) is 0. The molecular weight excluding hydrogens is 528 g/mol. The lowest BCUT2D eigenvalue weighted by Crippen LogP contribution is -1.83. The zero-order chi connectivity index (χ0) is 29.3. The highest BCUT2D eigenvalue weighted by Gasteiger charge is 2.06. The van der Waals surface area contributed by atoms with Crippen LogP contribution in [0.3, 0.4) is 0 Å². The van der Waals surface area contributed by atoms with E-state index in [0.29, 0.717) is 0 Å². The first kappa shape index (κ1) is 25.9. The smallest absolute Gasteiger partial charge is 0.00994 e. The van der Waals surface area contributed by atoms with Gasteiger partial charge in [0.15, 0.2) is 0 Å². The van der Waals surface area contributed by atoms with Crippen molar-refractivity contribution in [1.29, 1.82) is 0 Å². The lowest BCUT2D eigenvalue weighted by Gasteiger charge is -2.08. The molecule has 0 saturated carbocycles. The minimum atomic E-state index is 1.19. The Labute approximate surface area is 257 Å². The molecule has 0 unspecified atom stereocenters. The summed E-state index contributed by atoms with van der Waals surface area (Å²) in [5.74, 6) is 0. The van der Waals surface area contributed by atoms with Crippen LogP contribution in [0.1, 0.15) is 22.3 Å². The first-order chi connectivity index (χ1) is 21.8. The van der Waals surface area contributed by atoms with Crippen LogP contribution < -0.4 is 0 Å². The van der Waals surface area contributed by atoms with E-state index in [1.54, 1.807) is 0 Å². The molecule has 0 nitrogen and oxygen atoms in total. The fourth-order valence-electron chi connectivity index (χ4n) is 6.39. The Balaban J connectivity index is 1.03. The fourth-order valence-corrected chi connectivity index (χ4v) is 6.39. The predicted molar refractivity (Wildman–Crippen MR) is 193 cm³/mol. The van der Waals surface area contributed by atoms with Gasteiger partial charge in [-0.15, -0.1) is 0 Å². The Morgan fingerprint density at radius 2 is 0.614 bits per heavy atom. The van der Waals surface area contributed by atoms with E-state index in [0.717, 1.165) is 0 Å². The lowest BCUT2D eigenvalue weighted by atomic mass is 9.96. The number of fused-ring (bicyclic) bond motifs is 6. The minimum Gasteiger partial charge on any atom is -0.0616 e. The Morgan fingerprint density at radius 3 is 1.02 bits per heavy atom. The number of rotatable bonds is 5. The van der Waals surface area contributed by atoms with Crippen LogP contribution in [-0.2, 0) is 0 Å². The van der Waals surface area contributed by atoms with Crippen molar-refractivity contribution >= 4 is 67.4 Å². The van der Waals surface area contributed by atoms with E-state index in [2.05, 4.69) is 182 Å². The summed E-state index contributed by atoms with van der Waals surface area (Å²) in [5.41, 5.74) is 7.29. The molecule has 0 bridgehead atoms. The molecule has 0 aliphatic carbocycles. The quantitative estimate of drug-likeness (QED) is 0.146. The van der Waals surface area contributed by atoms with E-state index in [9.17, 15) is 0 Å². The SMILES string of the molecule is C(=C\c1cc2ccccc2c2ccccc12)/c1ccc(-c2ccc(/C=C/c3cc4ccccc4c4ccccc34)cc2)cc1. The molecule has 44 heavy (non-hydrogen) atoms. The van der Waals surface area contributed by atoms with Gasteiger partial charge in [0.25, 0.3) is 0 Å². The van der Waals surface area contributed by atoms with Gasteiger partial charge >= 0.3 is 0 Å². The van der Waals surface area contributed by atoms with Crippen LogP contribution >= 0.6 is 0 Å². The molecule has 0 atom stereocenters. The van der Waals surface area contributed by atoms with Crippen LogP contribution in [0.4, 0.5) is 0 Å². The molecule has 0 heteroatoms. The van der Waals surface area contributed by atoms with Crippen LogP contribution in [0.5, 0.6) is 0 Å². The standard InChI is InChI=1S/C44H30/c1-3-11-39-35(9-1)29-37(41-13-5-7-15-43(39)41)27-21-31-17-23-33(24-18-31)34-25-19-32(20-26-34)22-28-38-30-36-10-2-4-12-40(36)44-16-8-6-14-42(38)44/h1-30H/b27-21+,28-22+. The molecule has 0 spiro atoms. The summed E-state index contributed by atoms with van der Waals surface area (Å²) in [5, 5.41) is 10.3. The predicted octanol–water partition coefficient (Wildman–Crippen LogP) is 12.3. The van der Waals surface area contributed by atoms with Crippen molar-refractivity contribution in [2.75, 3.05) is 0 Å². The van der Waals surface area contributed by atoms with E-state index in [4.69, 9.17) is 0 Å². The summed E-state index contributed by atoms with van der Waals surface area (Å²) in [7, 11) is 0. The third kappa shape index (κ3) is 4.87. The summed E-state index contributed by atoms with van der Waals surface area (Å²) in [4.78, 5) is 0. The maximum atomic E-state index is 2.29. The summed E-state index contributed by atoms with van der Waals surface area (Å²) in [6, 6.07) is 56.9. The fraction of sp³-hybridized carbons (Fsp3) is 0. The molecule has 206 valence electrons. The molecule has 0 radical (unpaired) electrons. The van der Waals surface area contributed by atoms with Gasteiger partial charge in [-0.1, -0.05) is 170 Å². The van der Waals surface area contributed by atoms with E-state index in [1.165, 1.54) is 76.5 Å². The van der Waals surface area contributed by atoms with Gasteiger partial charge in [0.1, 0.15) is 0 Å². The second-order valence-electron chi connectivity index (χ2n) is 11.4. The molecule has 0 aliphatic heterocycles. The summed E-state index contributed by atoms with van der Waals surface area (Å²) >= 11 is 0. The highest BCUT2D eigenvalue weighted by atomic mass is 14.1. The topological polar surface area (TPSA) is 0 Å². The van der Waals surface area contributed by atoms with Gasteiger partial charge in [0.2, 0.25) is 0 Å². The average molecular weight is 559 g/mol. The normalized spacial score (nSPS) is 11.9. The third-order valence-electron chi connectivity index (χ3n) is 8.67. The van der Waals surface area contributed by atoms with Crippen molar-refractivity contribution in [3.63, 3.8) is 0 Å². The molecule has 8 aromatic carbocycles. The average Bonchev–Trinajstić information content (AvgIpc) is 3.10. The monoisotopic (exact) mass is 558 g/mol. The first-order valence-corrected chi connectivity index (χ1v) is 15.2. The largest absolute Gasteiger partial charge is 0.0616 e. The summed E-state index contributed by atoms with van der Waals surface area (Å²) in [6.07, 6.45) is 8.91. The Kier molecular flexibility index (Phi) is 6.59. The molecule has 0 heterocycles. The second-order valence-corrected chi connectivity index (χ2v) is 11.4. The van der Waals surface area contributed by atoms with Gasteiger partial charge < -0.3 is 0 Å². The van der Waals surface area contributed by atoms with E-state index >= 15 is 0 Å². The molecule has 0 saturated heterocycles. The second kappa shape index (κ2) is 11.2. The number of hydrogen-bond acceptors (Lipinski definition) is 0. The van der Waals surface area contributed by atoms with Crippen LogP contribution in [0.2, 0.25) is 0 Å². The van der Waals surface area contributed by atoms with Crippen molar-refractivity contribution in [3.8, 4) is 11.1 Å². The van der Waals surface area contributed by atoms with Gasteiger partial charge in [0, 0.05) is 0 Å². The molecule has 0 fully saturated rings. The van der Waals surface area contributed by atoms with Gasteiger partial charge in [-0.25, -0.2) is 0 Å². The molecule has 0 aliphatic rings. The molecule has 8 rings (SSSR count). The molecule has 0 aromatic heterocycles. The molecule has 0 N–H and O–H groups in total. The zero-order valence-electron chi connectivity index (χ0n) is 24.3. The van der Waals surface area contributed by atoms with Crippen molar-refractivity contribution < 1.29 is 0 Å². The van der Waals surface area contributed by atoms with E-state index in [-0.39, 0.29) is 0 Å². The molecule has 0 amide bonds. The molecule has 8 aromatic rings. The van der Waals surface area contributed by atoms with Crippen molar-refractivity contribution in [2.24, 2.45) is 0 Å². The van der Waals surface area contributed by atoms with Crippen LogP contribution in [0.25, 0.3) is 78.5 Å². The zero-order valence-corrected chi connectivity index (χ0v) is 24.3. The third-order valence-corrected chi connectivity index (χ3v) is 8.67. The summed E-state index contributed by atoms with van der Waals surface area (Å²) < 4.78 is 0. The van der Waals surface area contributed by atoms with Crippen molar-refractivity contribution in [3.05, 3.63) is 180 Å². The summed E-state index contributed by atoms with van der Waals surface area (Å²) in [6.45, 7) is 0.